The molecule has 23 heavy (non-hydrogen) atoms. The number of aliphatic hydroxyl groups excluding tert-OH is 1. The van der Waals surface area contributed by atoms with Crippen LogP contribution in [-0.4, -0.2) is 37.7 Å². The first-order valence-corrected chi connectivity index (χ1v) is 8.69. The summed E-state index contributed by atoms with van der Waals surface area (Å²) in [5.41, 5.74) is 7.08. The van der Waals surface area contributed by atoms with E-state index in [9.17, 15) is 17.9 Å². The van der Waals surface area contributed by atoms with Gasteiger partial charge in [-0.15, -0.1) is 0 Å². The van der Waals surface area contributed by atoms with Crippen molar-refractivity contribution in [2.75, 3.05) is 12.9 Å². The molecule has 4 N–H and O–H groups in total. The number of aliphatic hydroxyl groups is 1. The van der Waals surface area contributed by atoms with Crippen molar-refractivity contribution < 1.29 is 22.4 Å². The van der Waals surface area contributed by atoms with Crippen LogP contribution in [0.1, 0.15) is 17.4 Å². The number of sulfonamides is 1. The van der Waals surface area contributed by atoms with Gasteiger partial charge >= 0.3 is 0 Å². The molecule has 0 bridgehead atoms. The number of nitrogens with one attached hydrogen (secondary N) is 1. The van der Waals surface area contributed by atoms with Gasteiger partial charge in [-0.05, 0) is 5.56 Å². The zero-order chi connectivity index (χ0) is 17.0. The molecule has 9 heteroatoms. The summed E-state index contributed by atoms with van der Waals surface area (Å²) in [6.45, 7) is -0.786. The standard InChI is InChI=1S/C14H18FN3O4S/c1-23(20,21)17-8-11-6-13(22-18-11)9-2-4-10(5-3-9)14(19)12(16)7-15/h2-6,12,14,17,19H,7-8,16H2,1H3/t12-,14-/m1/s1. The van der Waals surface area contributed by atoms with E-state index in [2.05, 4.69) is 9.88 Å². The molecule has 2 atom stereocenters. The summed E-state index contributed by atoms with van der Waals surface area (Å²) >= 11 is 0. The van der Waals surface area contributed by atoms with E-state index in [-0.39, 0.29) is 6.54 Å². The quantitative estimate of drug-likeness (QED) is 0.682. The van der Waals surface area contributed by atoms with E-state index >= 15 is 0 Å². The van der Waals surface area contributed by atoms with Crippen molar-refractivity contribution in [3.8, 4) is 11.3 Å². The monoisotopic (exact) mass is 343 g/mol. The van der Waals surface area contributed by atoms with Crippen molar-refractivity contribution in [2.24, 2.45) is 5.73 Å². The van der Waals surface area contributed by atoms with Crippen LogP contribution in [-0.2, 0) is 16.6 Å². The van der Waals surface area contributed by atoms with Gasteiger partial charge in [-0.3, -0.25) is 0 Å². The molecule has 0 aliphatic rings. The molecule has 0 aliphatic carbocycles. The molecule has 2 rings (SSSR count). The first kappa shape index (κ1) is 17.5. The van der Waals surface area contributed by atoms with Crippen LogP contribution in [0.4, 0.5) is 4.39 Å². The number of aromatic nitrogens is 1. The maximum Gasteiger partial charge on any atom is 0.209 e. The van der Waals surface area contributed by atoms with Crippen LogP contribution in [0.5, 0.6) is 0 Å². The third kappa shape index (κ3) is 4.83. The molecule has 2 aromatic rings. The molecule has 126 valence electrons. The second-order valence-corrected chi connectivity index (χ2v) is 6.99. The molecule has 1 heterocycles. The lowest BCUT2D eigenvalue weighted by Crippen LogP contribution is -2.30. The lowest BCUT2D eigenvalue weighted by molar-refractivity contribution is 0.132. The van der Waals surface area contributed by atoms with Crippen LogP contribution >= 0.6 is 0 Å². The Morgan fingerprint density at radius 2 is 2.04 bits per heavy atom. The summed E-state index contributed by atoms with van der Waals surface area (Å²) in [4.78, 5) is 0. The third-order valence-electron chi connectivity index (χ3n) is 3.19. The normalized spacial score (nSPS) is 14.6. The molecular weight excluding hydrogens is 325 g/mol. The Labute approximate surface area is 133 Å². The smallest absolute Gasteiger partial charge is 0.209 e. The summed E-state index contributed by atoms with van der Waals surface area (Å²) in [6.07, 6.45) is -0.0292. The summed E-state index contributed by atoms with van der Waals surface area (Å²) in [5, 5.41) is 13.6. The van der Waals surface area contributed by atoms with Gasteiger partial charge < -0.3 is 15.4 Å². The van der Waals surface area contributed by atoms with Crippen molar-refractivity contribution in [1.29, 1.82) is 0 Å². The number of nitrogens with two attached hydrogens (primary N) is 1. The molecule has 0 radical (unpaired) electrons. The molecule has 7 nitrogen and oxygen atoms in total. The number of halogens is 1. The zero-order valence-corrected chi connectivity index (χ0v) is 13.3. The molecule has 1 aromatic heterocycles. The number of rotatable bonds is 7. The number of alkyl halides is 1. The van der Waals surface area contributed by atoms with E-state index < -0.39 is 28.8 Å². The van der Waals surface area contributed by atoms with Gasteiger partial charge in [-0.25, -0.2) is 17.5 Å². The van der Waals surface area contributed by atoms with Crippen LogP contribution in [0, 0.1) is 0 Å². The van der Waals surface area contributed by atoms with Gasteiger partial charge in [0.1, 0.15) is 6.67 Å². The van der Waals surface area contributed by atoms with Crippen LogP contribution < -0.4 is 10.5 Å². The third-order valence-corrected chi connectivity index (χ3v) is 3.86. The Kier molecular flexibility index (Phi) is 5.47. The van der Waals surface area contributed by atoms with Crippen molar-refractivity contribution in [3.05, 3.63) is 41.6 Å². The fourth-order valence-corrected chi connectivity index (χ4v) is 2.32. The molecule has 0 fully saturated rings. The highest BCUT2D eigenvalue weighted by atomic mass is 32.2. The second kappa shape index (κ2) is 7.18. The average Bonchev–Trinajstić information content (AvgIpc) is 3.00. The van der Waals surface area contributed by atoms with Crippen molar-refractivity contribution in [3.63, 3.8) is 0 Å². The highest BCUT2D eigenvalue weighted by Crippen LogP contribution is 2.24. The molecular formula is C14H18FN3O4S. The Bertz CT molecular complexity index is 746. The van der Waals surface area contributed by atoms with E-state index in [4.69, 9.17) is 10.3 Å². The van der Waals surface area contributed by atoms with Crippen molar-refractivity contribution in [1.82, 2.24) is 9.88 Å². The van der Waals surface area contributed by atoms with Gasteiger partial charge in [0.15, 0.2) is 5.76 Å². The minimum atomic E-state index is -3.31. The zero-order valence-electron chi connectivity index (χ0n) is 12.4. The van der Waals surface area contributed by atoms with E-state index in [1.807, 2.05) is 0 Å². The number of benzene rings is 1. The van der Waals surface area contributed by atoms with E-state index in [1.54, 1.807) is 30.3 Å². The van der Waals surface area contributed by atoms with Gasteiger partial charge in [0.05, 0.1) is 30.6 Å². The Hall–Kier alpha value is -1.81. The Balaban J connectivity index is 2.09. The molecule has 0 amide bonds. The van der Waals surface area contributed by atoms with Crippen molar-refractivity contribution >= 4 is 10.0 Å². The highest BCUT2D eigenvalue weighted by molar-refractivity contribution is 7.88. The first-order chi connectivity index (χ1) is 10.8. The number of hydrogen-bond donors (Lipinski definition) is 3. The van der Waals surface area contributed by atoms with Gasteiger partial charge in [0, 0.05) is 11.6 Å². The van der Waals surface area contributed by atoms with Gasteiger partial charge in [-0.1, -0.05) is 29.4 Å². The largest absolute Gasteiger partial charge is 0.387 e. The van der Waals surface area contributed by atoms with Crippen molar-refractivity contribution in [2.45, 2.75) is 18.7 Å². The van der Waals surface area contributed by atoms with Gasteiger partial charge in [0.2, 0.25) is 10.0 Å². The average molecular weight is 343 g/mol. The summed E-state index contributed by atoms with van der Waals surface area (Å²) in [5.74, 6) is 0.450. The first-order valence-electron chi connectivity index (χ1n) is 6.80. The predicted octanol–water partition coefficient (Wildman–Crippen LogP) is 0.721. The van der Waals surface area contributed by atoms with Gasteiger partial charge in [0.25, 0.3) is 0 Å². The van der Waals surface area contributed by atoms with E-state index in [0.717, 1.165) is 6.26 Å². The van der Waals surface area contributed by atoms with E-state index in [0.29, 0.717) is 22.6 Å². The van der Waals surface area contributed by atoms with Gasteiger partial charge in [-0.2, -0.15) is 0 Å². The summed E-state index contributed by atoms with van der Waals surface area (Å²) in [7, 11) is -3.31. The lowest BCUT2D eigenvalue weighted by atomic mass is 10.0. The van der Waals surface area contributed by atoms with Crippen LogP contribution in [0.15, 0.2) is 34.9 Å². The Morgan fingerprint density at radius 1 is 1.39 bits per heavy atom. The molecule has 0 saturated carbocycles. The lowest BCUT2D eigenvalue weighted by Gasteiger charge is -2.16. The molecule has 0 aliphatic heterocycles. The molecule has 0 spiro atoms. The SMILES string of the molecule is CS(=O)(=O)NCc1cc(-c2ccc([C@@H](O)[C@H](N)CF)cc2)on1. The summed E-state index contributed by atoms with van der Waals surface area (Å²) < 4.78 is 42.0. The predicted molar refractivity (Wildman–Crippen MR) is 82.5 cm³/mol. The molecule has 1 aromatic carbocycles. The number of hydrogen-bond acceptors (Lipinski definition) is 6. The molecule has 0 saturated heterocycles. The summed E-state index contributed by atoms with van der Waals surface area (Å²) in [6, 6.07) is 7.23. The minimum Gasteiger partial charge on any atom is -0.387 e. The highest BCUT2D eigenvalue weighted by Gasteiger charge is 2.17. The fourth-order valence-electron chi connectivity index (χ4n) is 1.91. The Morgan fingerprint density at radius 3 is 2.61 bits per heavy atom. The fraction of sp³-hybridized carbons (Fsp3) is 0.357. The van der Waals surface area contributed by atoms with E-state index in [1.165, 1.54) is 0 Å². The maximum absolute atomic E-state index is 12.5. The van der Waals surface area contributed by atoms with Crippen LogP contribution in [0.3, 0.4) is 0 Å². The second-order valence-electron chi connectivity index (χ2n) is 5.16. The maximum atomic E-state index is 12.5. The van der Waals surface area contributed by atoms with Crippen LogP contribution in [0.25, 0.3) is 11.3 Å². The van der Waals surface area contributed by atoms with Crippen LogP contribution in [0.2, 0.25) is 0 Å². The number of nitrogens with zero attached hydrogens (tertiary/aromatic N) is 1. The molecule has 0 unspecified atom stereocenters. The minimum absolute atomic E-state index is 0.0322. The topological polar surface area (TPSA) is 118 Å².